The summed E-state index contributed by atoms with van der Waals surface area (Å²) in [4.78, 5) is 15.6. The van der Waals surface area contributed by atoms with Crippen LogP contribution in [0, 0.1) is 5.82 Å². The van der Waals surface area contributed by atoms with Crippen molar-refractivity contribution in [3.05, 3.63) is 72.5 Å². The van der Waals surface area contributed by atoms with Crippen molar-refractivity contribution in [2.24, 2.45) is 10.9 Å². The van der Waals surface area contributed by atoms with Crippen molar-refractivity contribution < 1.29 is 32.0 Å². The number of sulfonamides is 1. The Morgan fingerprint density at radius 2 is 1.63 bits per heavy atom. The summed E-state index contributed by atoms with van der Waals surface area (Å²) in [7, 11) is -2.55. The van der Waals surface area contributed by atoms with Crippen LogP contribution in [-0.2, 0) is 10.0 Å². The Morgan fingerprint density at radius 1 is 1.03 bits per heavy atom. The number of amides is 2. The number of hydrogen-bond acceptors (Lipinski definition) is 7. The number of ether oxygens (including phenoxy) is 1. The summed E-state index contributed by atoms with van der Waals surface area (Å²) >= 11 is 0. The summed E-state index contributed by atoms with van der Waals surface area (Å²) in [6, 6.07) is 14.8. The Hall–Kier alpha value is -4.26. The molecule has 0 spiro atoms. The molecule has 0 aliphatic carbocycles. The Balaban J connectivity index is 1.83. The van der Waals surface area contributed by atoms with Gasteiger partial charge in [-0.1, -0.05) is 0 Å². The van der Waals surface area contributed by atoms with Crippen LogP contribution in [0.4, 0.5) is 14.9 Å². The first-order valence-corrected chi connectivity index (χ1v) is 11.5. The van der Waals surface area contributed by atoms with E-state index in [0.29, 0.717) is 16.7 Å². The maximum absolute atomic E-state index is 14.4. The van der Waals surface area contributed by atoms with Gasteiger partial charge in [0.2, 0.25) is 15.9 Å². The van der Waals surface area contributed by atoms with Crippen LogP contribution in [0.15, 0.2) is 76.0 Å². The first-order chi connectivity index (χ1) is 16.6. The number of benzene rings is 3. The molecule has 4 aromatic rings. The molecule has 3 aromatic carbocycles. The molecule has 0 aliphatic heterocycles. The van der Waals surface area contributed by atoms with Gasteiger partial charge in [0.1, 0.15) is 5.69 Å². The molecule has 0 aliphatic rings. The third kappa shape index (κ3) is 4.84. The number of primary amides is 1. The summed E-state index contributed by atoms with van der Waals surface area (Å²) in [5.41, 5.74) is 6.81. The minimum Gasteiger partial charge on any atom is -0.494 e. The number of carbonyl (C=O) groups is 1. The summed E-state index contributed by atoms with van der Waals surface area (Å²) in [6.07, 6.45) is 0. The number of nitrogens with zero attached hydrogens (tertiary/aromatic N) is 2. The zero-order valence-electron chi connectivity index (χ0n) is 18.2. The molecule has 0 radical (unpaired) electrons. The maximum atomic E-state index is 14.4. The van der Waals surface area contributed by atoms with Crippen molar-refractivity contribution in [3.8, 4) is 39.8 Å². The van der Waals surface area contributed by atoms with Gasteiger partial charge in [-0.3, -0.25) is 5.21 Å². The van der Waals surface area contributed by atoms with Gasteiger partial charge in [-0.2, -0.15) is 5.06 Å². The van der Waals surface area contributed by atoms with Gasteiger partial charge in [-0.15, -0.1) is 0 Å². The van der Waals surface area contributed by atoms with Crippen LogP contribution >= 0.6 is 0 Å². The van der Waals surface area contributed by atoms with E-state index in [-0.39, 0.29) is 38.7 Å². The SMILES string of the molecule is COc1ccc(-c2nc(-c3ccc(N(O)C(N)=O)cc3)oc2-c2ccc(S(N)(=O)=O)cc2)cc1F. The van der Waals surface area contributed by atoms with Crippen LogP contribution in [0.5, 0.6) is 5.75 Å². The van der Waals surface area contributed by atoms with Crippen molar-refractivity contribution in [3.63, 3.8) is 0 Å². The van der Waals surface area contributed by atoms with E-state index in [2.05, 4.69) is 4.98 Å². The number of nitrogens with two attached hydrogens (primary N) is 2. The minimum absolute atomic E-state index is 0.0510. The van der Waals surface area contributed by atoms with E-state index in [1.165, 1.54) is 55.6 Å². The standard InChI is InChI=1S/C23H19FN4O6S/c1-33-19-11-6-15(12-18(19)24)20-21(13-4-9-17(10-5-13)35(26,31)32)34-22(27-20)14-2-7-16(8-3-14)28(30)23(25)29/h2-12,30H,1H3,(H2,25,29)(H2,26,31,32). The van der Waals surface area contributed by atoms with Crippen LogP contribution in [0.25, 0.3) is 34.0 Å². The molecule has 1 heterocycles. The number of hydrogen-bond donors (Lipinski definition) is 3. The second-order valence-electron chi connectivity index (χ2n) is 7.31. The van der Waals surface area contributed by atoms with Crippen LogP contribution in [0.2, 0.25) is 0 Å². The average Bonchev–Trinajstić information content (AvgIpc) is 3.28. The third-order valence-electron chi connectivity index (χ3n) is 5.07. The summed E-state index contributed by atoms with van der Waals surface area (Å²) in [6.45, 7) is 0. The highest BCUT2D eigenvalue weighted by Gasteiger charge is 2.20. The van der Waals surface area contributed by atoms with Gasteiger partial charge >= 0.3 is 6.03 Å². The second kappa shape index (κ2) is 9.18. The molecule has 0 atom stereocenters. The normalized spacial score (nSPS) is 11.3. The lowest BCUT2D eigenvalue weighted by Crippen LogP contribution is -2.32. The fourth-order valence-corrected chi connectivity index (χ4v) is 3.83. The molecular formula is C23H19FN4O6S. The second-order valence-corrected chi connectivity index (χ2v) is 8.87. The molecule has 180 valence electrons. The van der Waals surface area contributed by atoms with Crippen LogP contribution in [-0.4, -0.2) is 31.7 Å². The van der Waals surface area contributed by atoms with Crippen LogP contribution in [0.3, 0.4) is 0 Å². The van der Waals surface area contributed by atoms with E-state index >= 15 is 0 Å². The van der Waals surface area contributed by atoms with E-state index in [4.69, 9.17) is 20.0 Å². The number of carbonyl (C=O) groups excluding carboxylic acids is 1. The molecule has 4 rings (SSSR count). The van der Waals surface area contributed by atoms with Gasteiger partial charge in [-0.05, 0) is 66.7 Å². The number of rotatable bonds is 6. The fourth-order valence-electron chi connectivity index (χ4n) is 3.32. The topological polar surface area (TPSA) is 162 Å². The molecule has 2 amide bonds. The summed E-state index contributed by atoms with van der Waals surface area (Å²) in [5, 5.41) is 15.1. The summed E-state index contributed by atoms with van der Waals surface area (Å²) < 4.78 is 48.6. The maximum Gasteiger partial charge on any atom is 0.343 e. The predicted octanol–water partition coefficient (Wildman–Crippen LogP) is 3.75. The van der Waals surface area contributed by atoms with E-state index < -0.39 is 21.9 Å². The molecule has 10 nitrogen and oxygen atoms in total. The van der Waals surface area contributed by atoms with Gasteiger partial charge in [0.25, 0.3) is 0 Å². The molecule has 0 saturated carbocycles. The zero-order chi connectivity index (χ0) is 25.3. The number of primary sulfonamides is 1. The number of oxazole rings is 1. The quantitative estimate of drug-likeness (QED) is 0.269. The van der Waals surface area contributed by atoms with Gasteiger partial charge in [0, 0.05) is 16.7 Å². The summed E-state index contributed by atoms with van der Waals surface area (Å²) in [5.74, 6) is -0.161. The lowest BCUT2D eigenvalue weighted by atomic mass is 10.1. The number of urea groups is 1. The van der Waals surface area contributed by atoms with Gasteiger partial charge in [-0.25, -0.2) is 27.7 Å². The highest BCUT2D eigenvalue weighted by Crippen LogP contribution is 2.37. The lowest BCUT2D eigenvalue weighted by Gasteiger charge is -2.11. The molecule has 0 fully saturated rings. The smallest absolute Gasteiger partial charge is 0.343 e. The lowest BCUT2D eigenvalue weighted by molar-refractivity contribution is 0.212. The Bertz CT molecular complexity index is 1500. The number of anilines is 1. The van der Waals surface area contributed by atoms with E-state index in [1.807, 2.05) is 0 Å². The predicted molar refractivity (Wildman–Crippen MR) is 125 cm³/mol. The van der Waals surface area contributed by atoms with Gasteiger partial charge in [0.15, 0.2) is 17.3 Å². The van der Waals surface area contributed by atoms with Crippen molar-refractivity contribution in [2.75, 3.05) is 12.2 Å². The Morgan fingerprint density at radius 3 is 2.17 bits per heavy atom. The molecule has 0 bridgehead atoms. The Kier molecular flexibility index (Phi) is 6.26. The van der Waals surface area contributed by atoms with Gasteiger partial charge < -0.3 is 14.9 Å². The van der Waals surface area contributed by atoms with E-state index in [9.17, 15) is 22.8 Å². The number of methoxy groups -OCH3 is 1. The van der Waals surface area contributed by atoms with Crippen LogP contribution in [0.1, 0.15) is 0 Å². The minimum atomic E-state index is -3.90. The molecule has 35 heavy (non-hydrogen) atoms. The first-order valence-electron chi connectivity index (χ1n) is 9.95. The zero-order valence-corrected chi connectivity index (χ0v) is 19.0. The number of hydroxylamine groups is 1. The Labute approximate surface area is 199 Å². The van der Waals surface area contributed by atoms with E-state index in [0.717, 1.165) is 0 Å². The monoisotopic (exact) mass is 498 g/mol. The molecule has 5 N–H and O–H groups in total. The first kappa shape index (κ1) is 23.9. The molecule has 0 saturated heterocycles. The number of aromatic nitrogens is 1. The molecule has 1 aromatic heterocycles. The van der Waals surface area contributed by atoms with Crippen molar-refractivity contribution in [1.82, 2.24) is 4.98 Å². The molecular weight excluding hydrogens is 479 g/mol. The molecule has 0 unspecified atom stereocenters. The highest BCUT2D eigenvalue weighted by atomic mass is 32.2. The van der Waals surface area contributed by atoms with Crippen LogP contribution < -0.4 is 20.7 Å². The average molecular weight is 498 g/mol. The van der Waals surface area contributed by atoms with Crippen molar-refractivity contribution in [1.29, 1.82) is 0 Å². The fraction of sp³-hybridized carbons (Fsp3) is 0.0435. The van der Waals surface area contributed by atoms with Gasteiger partial charge in [0.05, 0.1) is 17.7 Å². The van der Waals surface area contributed by atoms with Crippen molar-refractivity contribution >= 4 is 21.7 Å². The van der Waals surface area contributed by atoms with Crippen molar-refractivity contribution in [2.45, 2.75) is 4.90 Å². The third-order valence-corrected chi connectivity index (χ3v) is 5.99. The molecule has 12 heteroatoms. The highest BCUT2D eigenvalue weighted by molar-refractivity contribution is 7.89. The van der Waals surface area contributed by atoms with E-state index in [1.54, 1.807) is 18.2 Å². The largest absolute Gasteiger partial charge is 0.494 e. The number of halogens is 1.